The van der Waals surface area contributed by atoms with Gasteiger partial charge in [0.1, 0.15) is 6.04 Å². The van der Waals surface area contributed by atoms with E-state index in [2.05, 4.69) is 17.4 Å². The fourth-order valence-electron chi connectivity index (χ4n) is 2.53. The highest BCUT2D eigenvalue weighted by Crippen LogP contribution is 2.15. The van der Waals surface area contributed by atoms with Crippen LogP contribution in [0.5, 0.6) is 0 Å². The summed E-state index contributed by atoms with van der Waals surface area (Å²) < 4.78 is 0. The molecule has 1 fully saturated rings. The summed E-state index contributed by atoms with van der Waals surface area (Å²) in [6.45, 7) is 3.92. The minimum Gasteiger partial charge on any atom is -0.345 e. The first-order valence-electron chi connectivity index (χ1n) is 6.72. The average Bonchev–Trinajstić information content (AvgIpc) is 2.42. The number of hydrogen-bond acceptors (Lipinski definition) is 2. The summed E-state index contributed by atoms with van der Waals surface area (Å²) in [5.74, 6) is -0.0566. The number of carbonyl (C=O) groups excluding carboxylic acids is 2. The Kier molecular flexibility index (Phi) is 4.20. The maximum Gasteiger partial charge on any atom is 0.242 e. The molecule has 1 aliphatic heterocycles. The van der Waals surface area contributed by atoms with E-state index in [0.717, 1.165) is 12.8 Å². The van der Waals surface area contributed by atoms with Crippen molar-refractivity contribution >= 4 is 11.8 Å². The molecule has 4 nitrogen and oxygen atoms in total. The van der Waals surface area contributed by atoms with E-state index >= 15 is 0 Å². The SMILES string of the molecule is CC(CCc1ccccc1)N1C(=O)CNC(=O)C1C. The molecular formula is C15H20N2O2. The molecule has 0 aromatic heterocycles. The zero-order valence-electron chi connectivity index (χ0n) is 11.4. The number of amides is 2. The number of hydrogen-bond donors (Lipinski definition) is 1. The lowest BCUT2D eigenvalue weighted by atomic mass is 10.0. The topological polar surface area (TPSA) is 49.4 Å². The molecule has 0 aliphatic carbocycles. The van der Waals surface area contributed by atoms with E-state index in [1.54, 1.807) is 11.8 Å². The highest BCUT2D eigenvalue weighted by molar-refractivity contribution is 5.94. The molecule has 0 spiro atoms. The van der Waals surface area contributed by atoms with Gasteiger partial charge in [0, 0.05) is 6.04 Å². The van der Waals surface area contributed by atoms with E-state index in [1.807, 2.05) is 25.1 Å². The van der Waals surface area contributed by atoms with Crippen molar-refractivity contribution in [3.8, 4) is 0 Å². The predicted molar refractivity (Wildman–Crippen MR) is 73.5 cm³/mol. The van der Waals surface area contributed by atoms with Crippen LogP contribution in [0.15, 0.2) is 30.3 Å². The van der Waals surface area contributed by atoms with Crippen LogP contribution in [0.1, 0.15) is 25.8 Å². The van der Waals surface area contributed by atoms with E-state index in [9.17, 15) is 9.59 Å². The molecule has 1 saturated heterocycles. The van der Waals surface area contributed by atoms with Gasteiger partial charge in [-0.25, -0.2) is 0 Å². The van der Waals surface area contributed by atoms with Crippen LogP contribution in [0.25, 0.3) is 0 Å². The maximum absolute atomic E-state index is 11.9. The highest BCUT2D eigenvalue weighted by Gasteiger charge is 2.33. The lowest BCUT2D eigenvalue weighted by Gasteiger charge is -2.37. The van der Waals surface area contributed by atoms with E-state index < -0.39 is 0 Å². The minimum absolute atomic E-state index is 0.00709. The van der Waals surface area contributed by atoms with Gasteiger partial charge in [-0.3, -0.25) is 9.59 Å². The second-order valence-corrected chi connectivity index (χ2v) is 5.07. The molecule has 0 radical (unpaired) electrons. The number of piperazine rings is 1. The third kappa shape index (κ3) is 3.13. The van der Waals surface area contributed by atoms with Crippen LogP contribution < -0.4 is 5.32 Å². The standard InChI is InChI=1S/C15H20N2O2/c1-11(8-9-13-6-4-3-5-7-13)17-12(2)15(19)16-10-14(17)18/h3-7,11-12H,8-10H2,1-2H3,(H,16,19). The first-order valence-corrected chi connectivity index (χ1v) is 6.72. The minimum atomic E-state index is -0.368. The Labute approximate surface area is 113 Å². The van der Waals surface area contributed by atoms with Gasteiger partial charge in [-0.15, -0.1) is 0 Å². The second-order valence-electron chi connectivity index (χ2n) is 5.07. The van der Waals surface area contributed by atoms with Crippen molar-refractivity contribution in [2.24, 2.45) is 0 Å². The molecule has 2 atom stereocenters. The van der Waals surface area contributed by atoms with Crippen LogP contribution in [0.4, 0.5) is 0 Å². The first kappa shape index (κ1) is 13.6. The number of carbonyl (C=O) groups is 2. The zero-order chi connectivity index (χ0) is 13.8. The molecule has 1 heterocycles. The van der Waals surface area contributed by atoms with E-state index in [1.165, 1.54) is 5.56 Å². The molecule has 1 aliphatic rings. The van der Waals surface area contributed by atoms with E-state index in [0.29, 0.717) is 0 Å². The fourth-order valence-corrected chi connectivity index (χ4v) is 2.53. The van der Waals surface area contributed by atoms with Gasteiger partial charge in [-0.2, -0.15) is 0 Å². The van der Waals surface area contributed by atoms with Crippen LogP contribution in [0.2, 0.25) is 0 Å². The number of nitrogens with one attached hydrogen (secondary N) is 1. The molecule has 2 amide bonds. The van der Waals surface area contributed by atoms with Crippen molar-refractivity contribution in [1.82, 2.24) is 10.2 Å². The summed E-state index contributed by atoms with van der Waals surface area (Å²) >= 11 is 0. The lowest BCUT2D eigenvalue weighted by Crippen LogP contribution is -2.59. The Morgan fingerprint density at radius 3 is 2.68 bits per heavy atom. The molecule has 1 aromatic rings. The predicted octanol–water partition coefficient (Wildman–Crippen LogP) is 1.35. The van der Waals surface area contributed by atoms with Gasteiger partial charge in [0.2, 0.25) is 11.8 Å². The van der Waals surface area contributed by atoms with Gasteiger partial charge >= 0.3 is 0 Å². The second kappa shape index (κ2) is 5.87. The number of aryl methyl sites for hydroxylation is 1. The summed E-state index contributed by atoms with van der Waals surface area (Å²) in [4.78, 5) is 25.2. The maximum atomic E-state index is 11.9. The Morgan fingerprint density at radius 2 is 2.00 bits per heavy atom. The number of rotatable bonds is 4. The Morgan fingerprint density at radius 1 is 1.32 bits per heavy atom. The van der Waals surface area contributed by atoms with Crippen LogP contribution >= 0.6 is 0 Å². The van der Waals surface area contributed by atoms with Crippen molar-refractivity contribution in [1.29, 1.82) is 0 Å². The summed E-state index contributed by atoms with van der Waals surface area (Å²) in [7, 11) is 0. The van der Waals surface area contributed by atoms with Gasteiger partial charge in [0.25, 0.3) is 0 Å². The van der Waals surface area contributed by atoms with Crippen molar-refractivity contribution < 1.29 is 9.59 Å². The molecular weight excluding hydrogens is 240 g/mol. The lowest BCUT2D eigenvalue weighted by molar-refractivity contribution is -0.147. The smallest absolute Gasteiger partial charge is 0.242 e. The van der Waals surface area contributed by atoms with Gasteiger partial charge < -0.3 is 10.2 Å². The molecule has 1 N–H and O–H groups in total. The molecule has 2 rings (SSSR count). The third-order valence-electron chi connectivity index (χ3n) is 3.67. The molecule has 4 heteroatoms. The molecule has 0 saturated carbocycles. The van der Waals surface area contributed by atoms with Gasteiger partial charge in [0.05, 0.1) is 6.54 Å². The fraction of sp³-hybridized carbons (Fsp3) is 0.467. The average molecular weight is 260 g/mol. The van der Waals surface area contributed by atoms with Crippen molar-refractivity contribution in [3.63, 3.8) is 0 Å². The molecule has 2 unspecified atom stereocenters. The monoisotopic (exact) mass is 260 g/mol. The van der Waals surface area contributed by atoms with Gasteiger partial charge in [0.15, 0.2) is 0 Å². The summed E-state index contributed by atoms with van der Waals surface area (Å²) in [5, 5.41) is 2.61. The Balaban J connectivity index is 1.96. The van der Waals surface area contributed by atoms with Crippen LogP contribution in [-0.2, 0) is 16.0 Å². The van der Waals surface area contributed by atoms with Crippen molar-refractivity contribution in [2.45, 2.75) is 38.8 Å². The van der Waals surface area contributed by atoms with Crippen molar-refractivity contribution in [3.05, 3.63) is 35.9 Å². The molecule has 1 aromatic carbocycles. The van der Waals surface area contributed by atoms with Gasteiger partial charge in [-0.1, -0.05) is 30.3 Å². The van der Waals surface area contributed by atoms with Crippen molar-refractivity contribution in [2.75, 3.05) is 6.54 Å². The quantitative estimate of drug-likeness (QED) is 0.888. The Bertz CT molecular complexity index is 458. The normalized spacial score (nSPS) is 21.2. The van der Waals surface area contributed by atoms with Gasteiger partial charge in [-0.05, 0) is 32.3 Å². The molecule has 0 bridgehead atoms. The number of benzene rings is 1. The summed E-state index contributed by atoms with van der Waals surface area (Å²) in [6, 6.07) is 9.90. The van der Waals surface area contributed by atoms with Crippen LogP contribution in [-0.4, -0.2) is 35.3 Å². The molecule has 19 heavy (non-hydrogen) atoms. The largest absolute Gasteiger partial charge is 0.345 e. The third-order valence-corrected chi connectivity index (χ3v) is 3.67. The summed E-state index contributed by atoms with van der Waals surface area (Å²) in [6.07, 6.45) is 1.79. The van der Waals surface area contributed by atoms with E-state index in [-0.39, 0.29) is 30.4 Å². The van der Waals surface area contributed by atoms with E-state index in [4.69, 9.17) is 0 Å². The van der Waals surface area contributed by atoms with Crippen LogP contribution in [0, 0.1) is 0 Å². The molecule has 102 valence electrons. The highest BCUT2D eigenvalue weighted by atomic mass is 16.2. The zero-order valence-corrected chi connectivity index (χ0v) is 11.4. The first-order chi connectivity index (χ1) is 9.09. The Hall–Kier alpha value is -1.84. The number of nitrogens with zero attached hydrogens (tertiary/aromatic N) is 1. The van der Waals surface area contributed by atoms with Crippen LogP contribution in [0.3, 0.4) is 0 Å². The summed E-state index contributed by atoms with van der Waals surface area (Å²) in [5.41, 5.74) is 1.26.